The van der Waals surface area contributed by atoms with Gasteiger partial charge in [-0.3, -0.25) is 22.7 Å². The van der Waals surface area contributed by atoms with Crippen molar-refractivity contribution in [3.63, 3.8) is 0 Å². The van der Waals surface area contributed by atoms with Gasteiger partial charge >= 0.3 is 12.4 Å². The van der Waals surface area contributed by atoms with E-state index in [1.165, 1.54) is 42.5 Å². The Bertz CT molecular complexity index is 2700. The van der Waals surface area contributed by atoms with E-state index in [1.807, 2.05) is 0 Å². The second-order valence-electron chi connectivity index (χ2n) is 15.6. The summed E-state index contributed by atoms with van der Waals surface area (Å²) in [6, 6.07) is 6.50. The van der Waals surface area contributed by atoms with Crippen LogP contribution in [-0.2, 0) is 47.2 Å². The van der Waals surface area contributed by atoms with Gasteiger partial charge in [-0.05, 0) is 81.3 Å². The van der Waals surface area contributed by atoms with Gasteiger partial charge in [0.2, 0.25) is 5.91 Å². The lowest BCUT2D eigenvalue weighted by Gasteiger charge is -2.23. The van der Waals surface area contributed by atoms with Crippen LogP contribution in [0.5, 0.6) is 0 Å². The number of nitrogens with zero attached hydrogens (tertiary/aromatic N) is 6. The third-order valence-electron chi connectivity index (χ3n) is 10.8. The molecule has 3 aromatic heterocycles. The topological polar surface area (TPSA) is 97.9 Å². The number of amides is 1. The normalized spacial score (nSPS) is 17.8. The Morgan fingerprint density at radius 3 is 2.32 bits per heavy atom. The Morgan fingerprint density at radius 2 is 1.71 bits per heavy atom. The number of rotatable bonds is 12. The number of aromatic nitrogens is 5. The number of benzene rings is 2. The average molecular weight is 948 g/mol. The summed E-state index contributed by atoms with van der Waals surface area (Å²) in [5.74, 6) is -3.72. The Balaban J connectivity index is 1.44. The monoisotopic (exact) mass is 947 g/mol. The smallest absolute Gasteiger partial charge is 0.346 e. The summed E-state index contributed by atoms with van der Waals surface area (Å²) in [5, 5.41) is 10.5. The van der Waals surface area contributed by atoms with E-state index >= 15 is 8.78 Å². The van der Waals surface area contributed by atoms with Crippen molar-refractivity contribution in [2.45, 2.75) is 81.7 Å². The molecule has 0 radical (unpaired) electrons. The van der Waals surface area contributed by atoms with E-state index in [0.717, 1.165) is 12.1 Å². The molecule has 4 atom stereocenters. The molecule has 5 aromatic rings. The lowest BCUT2D eigenvalue weighted by molar-refractivity contribution is -0.143. The van der Waals surface area contributed by atoms with Gasteiger partial charge in [0.15, 0.2) is 11.5 Å². The van der Waals surface area contributed by atoms with E-state index in [1.54, 1.807) is 31.3 Å². The first kappa shape index (κ1) is 46.2. The van der Waals surface area contributed by atoms with Crippen LogP contribution in [0.3, 0.4) is 0 Å². The zero-order valence-corrected chi connectivity index (χ0v) is 36.2. The van der Waals surface area contributed by atoms with Crippen LogP contribution >= 0.6 is 23.5 Å². The minimum Gasteiger partial charge on any atom is -0.346 e. The highest BCUT2D eigenvalue weighted by Gasteiger charge is 2.68. The largest absolute Gasteiger partial charge is 0.435 e. The van der Waals surface area contributed by atoms with Gasteiger partial charge in [0.1, 0.15) is 40.9 Å². The summed E-state index contributed by atoms with van der Waals surface area (Å²) in [6.45, 7) is 2.47. The molecule has 336 valence electrons. The minimum absolute atomic E-state index is 0.0234. The number of anilines is 1. The van der Waals surface area contributed by atoms with Crippen LogP contribution in [0.1, 0.15) is 73.1 Å². The fraction of sp³-hybridized carbons (Fsp3) is 0.415. The van der Waals surface area contributed by atoms with Crippen LogP contribution in [0.15, 0.2) is 42.5 Å². The Kier molecular flexibility index (Phi) is 12.2. The summed E-state index contributed by atoms with van der Waals surface area (Å²) in [4.78, 5) is 18.7. The van der Waals surface area contributed by atoms with E-state index in [0.29, 0.717) is 15.4 Å². The van der Waals surface area contributed by atoms with E-state index in [2.05, 4.69) is 32.3 Å². The third kappa shape index (κ3) is 9.12. The van der Waals surface area contributed by atoms with Crippen molar-refractivity contribution < 1.29 is 52.9 Å². The average Bonchev–Trinajstić information content (AvgIpc) is 3.68. The Morgan fingerprint density at radius 1 is 1.05 bits per heavy atom. The van der Waals surface area contributed by atoms with Crippen LogP contribution in [0.2, 0.25) is 5.02 Å². The summed E-state index contributed by atoms with van der Waals surface area (Å²) in [6.07, 6.45) is -7.52. The van der Waals surface area contributed by atoms with Gasteiger partial charge in [0.05, 0.1) is 27.7 Å². The Labute approximate surface area is 365 Å². The minimum atomic E-state index is -5.13. The van der Waals surface area contributed by atoms with Crippen molar-refractivity contribution in [1.82, 2.24) is 29.9 Å². The number of hydrogen-bond acceptors (Lipinski definition) is 7. The lowest BCUT2D eigenvalue weighted by atomic mass is 9.93. The highest BCUT2D eigenvalue weighted by Crippen LogP contribution is 2.68. The predicted molar refractivity (Wildman–Crippen MR) is 219 cm³/mol. The van der Waals surface area contributed by atoms with Crippen LogP contribution in [-0.4, -0.2) is 64.6 Å². The predicted octanol–water partition coefficient (Wildman–Crippen LogP) is 9.73. The summed E-state index contributed by atoms with van der Waals surface area (Å²) in [5.41, 5.74) is -3.63. The fourth-order valence-corrected chi connectivity index (χ4v) is 8.77. The van der Waals surface area contributed by atoms with Crippen molar-refractivity contribution in [2.24, 2.45) is 5.92 Å². The van der Waals surface area contributed by atoms with E-state index in [4.69, 9.17) is 11.6 Å². The summed E-state index contributed by atoms with van der Waals surface area (Å²) < 4.78 is 159. The number of carbonyl (C=O) groups is 1. The van der Waals surface area contributed by atoms with Gasteiger partial charge in [-0.2, -0.15) is 45.3 Å². The number of hydrogen-bond donors (Lipinski definition) is 1. The first-order chi connectivity index (χ1) is 29.3. The highest BCUT2D eigenvalue weighted by atomic mass is 35.5. The molecule has 1 fully saturated rings. The van der Waals surface area contributed by atoms with Crippen molar-refractivity contribution in [3.8, 4) is 23.0 Å². The molecule has 0 saturated heterocycles. The van der Waals surface area contributed by atoms with Gasteiger partial charge in [-0.15, -0.1) is 0 Å². The van der Waals surface area contributed by atoms with Gasteiger partial charge in [-0.25, -0.2) is 13.8 Å². The zero-order valence-electron chi connectivity index (χ0n) is 33.8. The van der Waals surface area contributed by atoms with E-state index < -0.39 is 106 Å². The molecule has 1 amide bonds. The maximum absolute atomic E-state index is 15.5. The first-order valence-electron chi connectivity index (χ1n) is 19.1. The number of pyridine rings is 1. The second-order valence-corrected chi connectivity index (χ2v) is 18.7. The summed E-state index contributed by atoms with van der Waals surface area (Å²) in [7, 11) is -1.48. The molecule has 63 heavy (non-hydrogen) atoms. The molecule has 9 nitrogen and oxygen atoms in total. The molecule has 2 aliphatic carbocycles. The molecule has 1 saturated carbocycles. The molecular weight excluding hydrogens is 912 g/mol. The van der Waals surface area contributed by atoms with Crippen molar-refractivity contribution in [1.29, 1.82) is 0 Å². The summed E-state index contributed by atoms with van der Waals surface area (Å²) >= 11 is 7.86. The van der Waals surface area contributed by atoms with Gasteiger partial charge in [-0.1, -0.05) is 35.5 Å². The third-order valence-corrected chi connectivity index (χ3v) is 13.6. The maximum Gasteiger partial charge on any atom is 0.435 e. The molecular formula is C41H36ClF10N7O2S2. The number of carbonyl (C=O) groups excluding carboxylic acids is 1. The van der Waals surface area contributed by atoms with Crippen molar-refractivity contribution in [3.05, 3.63) is 93.0 Å². The molecule has 0 bridgehead atoms. The standard InChI is InChI=1S/C41H36ClF10N7O2S2/c1-6-59(62-4)37-32-28(42)10-9-25(34(32)58(56-37)19-39(45,46)47)24-8-7-23(11-12-38(2,3)63(5)61)53-33(24)29(15-20-13-21(43)16-22(44)14-20)54-30(60)18-57-36-31(35(55-57)41(50,51)52)26-17-27(26)40(36,48)49/h7-10,13-14,16,26-27,29H,6,15,17-19H2,1-5H3,(H,54,60). The number of nitrogens with one attached hydrogen (secondary N) is 1. The van der Waals surface area contributed by atoms with E-state index in [-0.39, 0.29) is 62.8 Å². The SMILES string of the molecule is CCN(SC)c1nn(CC(F)(F)F)c2c(-c3ccc(C#CC(C)(C)S(C)=O)nc3C(Cc3cc(F)cc(F)c3)NC(=O)Cn3nc(C(F)(F)F)c4c3C(F)(F)C3CC43)ccc(Cl)c12. The molecule has 7 rings (SSSR count). The van der Waals surface area contributed by atoms with Crippen LogP contribution in [0.25, 0.3) is 22.0 Å². The van der Waals surface area contributed by atoms with Crippen molar-refractivity contribution >= 4 is 57.0 Å². The van der Waals surface area contributed by atoms with Gasteiger partial charge in [0.25, 0.3) is 5.92 Å². The molecule has 2 aliphatic rings. The number of alkyl halides is 8. The van der Waals surface area contributed by atoms with Crippen LogP contribution < -0.4 is 9.62 Å². The highest BCUT2D eigenvalue weighted by molar-refractivity contribution is 8.00. The van der Waals surface area contributed by atoms with Crippen molar-refractivity contribution in [2.75, 3.05) is 23.4 Å². The quantitative estimate of drug-likeness (QED) is 0.0756. The molecule has 0 spiro atoms. The number of fused-ring (bicyclic) bond motifs is 4. The second kappa shape index (κ2) is 16.6. The molecule has 4 unspecified atom stereocenters. The molecule has 1 N–H and O–H groups in total. The fourth-order valence-electron chi connectivity index (χ4n) is 7.78. The lowest BCUT2D eigenvalue weighted by Crippen LogP contribution is -2.35. The van der Waals surface area contributed by atoms with Gasteiger partial charge in [0, 0.05) is 58.5 Å². The molecule has 3 heterocycles. The Hall–Kier alpha value is -4.81. The zero-order chi connectivity index (χ0) is 46.1. The number of halogens is 11. The first-order valence-corrected chi connectivity index (χ1v) is 22.2. The van der Waals surface area contributed by atoms with E-state index in [9.17, 15) is 44.1 Å². The van der Waals surface area contributed by atoms with Gasteiger partial charge < -0.3 is 5.32 Å². The van der Waals surface area contributed by atoms with Crippen LogP contribution in [0.4, 0.5) is 49.7 Å². The maximum atomic E-state index is 15.5. The van der Waals surface area contributed by atoms with Crippen LogP contribution in [0, 0.1) is 29.4 Å². The molecule has 0 aliphatic heterocycles. The molecule has 22 heteroatoms. The molecule has 2 aromatic carbocycles.